The van der Waals surface area contributed by atoms with Gasteiger partial charge < -0.3 is 19.3 Å². The van der Waals surface area contributed by atoms with Crippen LogP contribution in [-0.2, 0) is 13.1 Å². The van der Waals surface area contributed by atoms with E-state index in [4.69, 9.17) is 14.0 Å². The first-order valence-corrected chi connectivity index (χ1v) is 5.83. The fourth-order valence-corrected chi connectivity index (χ4v) is 1.95. The molecule has 1 aliphatic heterocycles. The molecular formula is C13H14N2O3. The van der Waals surface area contributed by atoms with E-state index in [9.17, 15) is 0 Å². The zero-order chi connectivity index (χ0) is 12.4. The molecule has 2 heterocycles. The largest absolute Gasteiger partial charge is 0.454 e. The fourth-order valence-electron chi connectivity index (χ4n) is 1.95. The van der Waals surface area contributed by atoms with Crippen LogP contribution in [0, 0.1) is 6.92 Å². The third-order valence-electron chi connectivity index (χ3n) is 2.77. The summed E-state index contributed by atoms with van der Waals surface area (Å²) in [6, 6.07) is 7.81. The van der Waals surface area contributed by atoms with Crippen molar-refractivity contribution in [2.45, 2.75) is 20.0 Å². The molecule has 5 heteroatoms. The molecule has 0 bridgehead atoms. The average Bonchev–Trinajstić information content (AvgIpc) is 2.98. The molecule has 0 radical (unpaired) electrons. The zero-order valence-corrected chi connectivity index (χ0v) is 10.1. The van der Waals surface area contributed by atoms with Gasteiger partial charge in [0.25, 0.3) is 0 Å². The molecule has 5 nitrogen and oxygen atoms in total. The van der Waals surface area contributed by atoms with Gasteiger partial charge in [-0.3, -0.25) is 0 Å². The highest BCUT2D eigenvalue weighted by atomic mass is 16.7. The van der Waals surface area contributed by atoms with Crippen molar-refractivity contribution >= 4 is 0 Å². The van der Waals surface area contributed by atoms with Crippen molar-refractivity contribution in [3.8, 4) is 11.5 Å². The molecule has 0 fully saturated rings. The first kappa shape index (κ1) is 11.1. The molecule has 94 valence electrons. The second kappa shape index (κ2) is 4.70. The fraction of sp³-hybridized carbons (Fsp3) is 0.308. The molecule has 1 aliphatic rings. The summed E-state index contributed by atoms with van der Waals surface area (Å²) in [6.07, 6.45) is 0. The highest BCUT2D eigenvalue weighted by Crippen LogP contribution is 2.35. The van der Waals surface area contributed by atoms with E-state index in [0.717, 1.165) is 28.5 Å². The van der Waals surface area contributed by atoms with Crippen molar-refractivity contribution in [3.05, 3.63) is 41.3 Å². The van der Waals surface area contributed by atoms with Crippen LogP contribution in [0.4, 0.5) is 0 Å². The molecule has 0 unspecified atom stereocenters. The summed E-state index contributed by atoms with van der Waals surface area (Å²) >= 11 is 0. The van der Waals surface area contributed by atoms with Gasteiger partial charge in [-0.05, 0) is 13.0 Å². The Kier molecular flexibility index (Phi) is 2.90. The second-order valence-corrected chi connectivity index (χ2v) is 4.19. The van der Waals surface area contributed by atoms with Crippen molar-refractivity contribution < 1.29 is 14.0 Å². The van der Waals surface area contributed by atoms with E-state index in [2.05, 4.69) is 10.5 Å². The van der Waals surface area contributed by atoms with E-state index in [1.165, 1.54) is 0 Å². The number of ether oxygens (including phenoxy) is 2. The topological polar surface area (TPSA) is 56.5 Å². The molecule has 2 aromatic rings. The maximum atomic E-state index is 5.44. The zero-order valence-electron chi connectivity index (χ0n) is 10.1. The lowest BCUT2D eigenvalue weighted by Crippen LogP contribution is -2.12. The number of nitrogens with one attached hydrogen (secondary N) is 1. The number of rotatable bonds is 4. The number of benzene rings is 1. The van der Waals surface area contributed by atoms with Crippen molar-refractivity contribution in [3.63, 3.8) is 0 Å². The third-order valence-corrected chi connectivity index (χ3v) is 2.77. The highest BCUT2D eigenvalue weighted by molar-refractivity contribution is 5.48. The molecule has 0 saturated carbocycles. The average molecular weight is 246 g/mol. The van der Waals surface area contributed by atoms with Crippen molar-refractivity contribution in [1.29, 1.82) is 0 Å². The van der Waals surface area contributed by atoms with Crippen LogP contribution in [0.5, 0.6) is 11.5 Å². The summed E-state index contributed by atoms with van der Waals surface area (Å²) in [4.78, 5) is 0. The van der Waals surface area contributed by atoms with Gasteiger partial charge >= 0.3 is 0 Å². The summed E-state index contributed by atoms with van der Waals surface area (Å²) in [7, 11) is 0. The van der Waals surface area contributed by atoms with E-state index in [0.29, 0.717) is 19.9 Å². The van der Waals surface area contributed by atoms with Crippen LogP contribution in [0.3, 0.4) is 0 Å². The molecule has 0 spiro atoms. The Morgan fingerprint density at radius 3 is 3.06 bits per heavy atom. The minimum atomic E-state index is 0.299. The number of para-hydroxylation sites is 1. The Morgan fingerprint density at radius 1 is 1.28 bits per heavy atom. The van der Waals surface area contributed by atoms with Crippen molar-refractivity contribution in [2.75, 3.05) is 6.79 Å². The summed E-state index contributed by atoms with van der Waals surface area (Å²) in [5, 5.41) is 7.13. The SMILES string of the molecule is Cc1cc(CNCc2cccc3c2OCO3)on1. The monoisotopic (exact) mass is 246 g/mol. The number of aromatic nitrogens is 1. The summed E-state index contributed by atoms with van der Waals surface area (Å²) in [5.74, 6) is 2.47. The number of aryl methyl sites for hydroxylation is 1. The van der Waals surface area contributed by atoms with E-state index in [-0.39, 0.29) is 0 Å². The lowest BCUT2D eigenvalue weighted by Gasteiger charge is -2.06. The second-order valence-electron chi connectivity index (χ2n) is 4.19. The van der Waals surface area contributed by atoms with Gasteiger partial charge in [-0.25, -0.2) is 0 Å². The van der Waals surface area contributed by atoms with Crippen LogP contribution < -0.4 is 14.8 Å². The predicted octanol–water partition coefficient (Wildman–Crippen LogP) is 2.00. The van der Waals surface area contributed by atoms with Gasteiger partial charge in [-0.2, -0.15) is 0 Å². The van der Waals surface area contributed by atoms with Crippen LogP contribution in [0.2, 0.25) is 0 Å². The highest BCUT2D eigenvalue weighted by Gasteiger charge is 2.16. The number of hydrogen-bond acceptors (Lipinski definition) is 5. The molecule has 0 aliphatic carbocycles. The first-order chi connectivity index (χ1) is 8.83. The quantitative estimate of drug-likeness (QED) is 0.894. The Balaban J connectivity index is 1.62. The molecule has 0 saturated heterocycles. The number of hydrogen-bond donors (Lipinski definition) is 1. The lowest BCUT2D eigenvalue weighted by molar-refractivity contribution is 0.173. The van der Waals surface area contributed by atoms with Gasteiger partial charge in [-0.1, -0.05) is 17.3 Å². The third kappa shape index (κ3) is 2.17. The molecule has 0 atom stereocenters. The summed E-state index contributed by atoms with van der Waals surface area (Å²) < 4.78 is 15.9. The Bertz CT molecular complexity index is 551. The van der Waals surface area contributed by atoms with Gasteiger partial charge in [-0.15, -0.1) is 0 Å². The normalized spacial score (nSPS) is 12.9. The maximum Gasteiger partial charge on any atom is 0.231 e. The Labute approximate surface area is 105 Å². The molecular weight excluding hydrogens is 232 g/mol. The minimum absolute atomic E-state index is 0.299. The van der Waals surface area contributed by atoms with Gasteiger partial charge in [0.1, 0.15) is 0 Å². The molecule has 18 heavy (non-hydrogen) atoms. The summed E-state index contributed by atoms with van der Waals surface area (Å²) in [5.41, 5.74) is 1.98. The van der Waals surface area contributed by atoms with Crippen LogP contribution >= 0.6 is 0 Å². The molecule has 0 amide bonds. The summed E-state index contributed by atoms with van der Waals surface area (Å²) in [6.45, 7) is 3.55. The van der Waals surface area contributed by atoms with Crippen molar-refractivity contribution in [1.82, 2.24) is 10.5 Å². The minimum Gasteiger partial charge on any atom is -0.454 e. The lowest BCUT2D eigenvalue weighted by atomic mass is 10.2. The van der Waals surface area contributed by atoms with E-state index in [1.54, 1.807) is 0 Å². The van der Waals surface area contributed by atoms with E-state index in [1.807, 2.05) is 31.2 Å². The van der Waals surface area contributed by atoms with Gasteiger partial charge in [0, 0.05) is 18.2 Å². The number of fused-ring (bicyclic) bond motifs is 1. The number of nitrogens with zero attached hydrogens (tertiary/aromatic N) is 1. The van der Waals surface area contributed by atoms with Crippen LogP contribution in [0.15, 0.2) is 28.8 Å². The Hall–Kier alpha value is -2.01. The Morgan fingerprint density at radius 2 is 2.22 bits per heavy atom. The van der Waals surface area contributed by atoms with E-state index >= 15 is 0 Å². The van der Waals surface area contributed by atoms with Crippen molar-refractivity contribution in [2.24, 2.45) is 0 Å². The van der Waals surface area contributed by atoms with Crippen LogP contribution in [-0.4, -0.2) is 11.9 Å². The molecule has 3 rings (SSSR count). The maximum absolute atomic E-state index is 5.44. The van der Waals surface area contributed by atoms with Crippen LogP contribution in [0.1, 0.15) is 17.0 Å². The molecule has 1 aromatic carbocycles. The van der Waals surface area contributed by atoms with Gasteiger partial charge in [0.15, 0.2) is 17.3 Å². The van der Waals surface area contributed by atoms with E-state index < -0.39 is 0 Å². The molecule has 1 N–H and O–H groups in total. The van der Waals surface area contributed by atoms with Gasteiger partial charge in [0.05, 0.1) is 12.2 Å². The molecule has 1 aromatic heterocycles. The predicted molar refractivity (Wildman–Crippen MR) is 64.3 cm³/mol. The first-order valence-electron chi connectivity index (χ1n) is 5.83. The smallest absolute Gasteiger partial charge is 0.231 e. The van der Waals surface area contributed by atoms with Gasteiger partial charge in [0.2, 0.25) is 6.79 Å². The van der Waals surface area contributed by atoms with Crippen LogP contribution in [0.25, 0.3) is 0 Å². The standard InChI is InChI=1S/C13H14N2O3/c1-9-5-11(18-15-9)7-14-6-10-3-2-4-12-13(10)17-8-16-12/h2-5,14H,6-8H2,1H3.